The Kier molecular flexibility index (Phi) is 4.94. The van der Waals surface area contributed by atoms with Crippen LogP contribution >= 0.6 is 11.6 Å². The Labute approximate surface area is 90.0 Å². The van der Waals surface area contributed by atoms with Crippen molar-refractivity contribution in [2.75, 3.05) is 6.54 Å². The minimum atomic E-state index is 0.131. The molecule has 0 fully saturated rings. The van der Waals surface area contributed by atoms with Crippen molar-refractivity contribution in [2.24, 2.45) is 5.73 Å². The molecule has 0 bridgehead atoms. The van der Waals surface area contributed by atoms with Crippen molar-refractivity contribution in [3.05, 3.63) is 34.9 Å². The molecule has 0 saturated heterocycles. The molecule has 2 nitrogen and oxygen atoms in total. The van der Waals surface area contributed by atoms with E-state index < -0.39 is 0 Å². The number of hydrogen-bond acceptors (Lipinski definition) is 2. The molecule has 3 heteroatoms. The van der Waals surface area contributed by atoms with E-state index >= 15 is 0 Å². The lowest BCUT2D eigenvalue weighted by Gasteiger charge is -2.14. The molecule has 0 heterocycles. The van der Waals surface area contributed by atoms with E-state index in [1.807, 2.05) is 24.3 Å². The fourth-order valence-electron chi connectivity index (χ4n) is 1.18. The van der Waals surface area contributed by atoms with Crippen molar-refractivity contribution < 1.29 is 4.74 Å². The van der Waals surface area contributed by atoms with Gasteiger partial charge in [0.2, 0.25) is 0 Å². The predicted molar refractivity (Wildman–Crippen MR) is 59.4 cm³/mol. The summed E-state index contributed by atoms with van der Waals surface area (Å²) >= 11 is 5.98. The third kappa shape index (κ3) is 3.29. The smallest absolute Gasteiger partial charge is 0.0735 e. The first kappa shape index (κ1) is 11.5. The molecule has 0 aliphatic heterocycles. The van der Waals surface area contributed by atoms with Crippen LogP contribution in [-0.4, -0.2) is 12.6 Å². The van der Waals surface area contributed by atoms with E-state index in [4.69, 9.17) is 22.1 Å². The van der Waals surface area contributed by atoms with Crippen LogP contribution in [0.2, 0.25) is 5.02 Å². The summed E-state index contributed by atoms with van der Waals surface area (Å²) in [5.41, 5.74) is 6.54. The van der Waals surface area contributed by atoms with Gasteiger partial charge in [-0.1, -0.05) is 36.7 Å². The van der Waals surface area contributed by atoms with Crippen molar-refractivity contribution in [1.82, 2.24) is 0 Å². The van der Waals surface area contributed by atoms with Crippen LogP contribution in [0, 0.1) is 0 Å². The zero-order valence-corrected chi connectivity index (χ0v) is 9.13. The summed E-state index contributed by atoms with van der Waals surface area (Å²) in [4.78, 5) is 0. The van der Waals surface area contributed by atoms with Gasteiger partial charge in [-0.15, -0.1) is 0 Å². The van der Waals surface area contributed by atoms with Crippen molar-refractivity contribution >= 4 is 11.6 Å². The van der Waals surface area contributed by atoms with Crippen molar-refractivity contribution in [2.45, 2.75) is 26.1 Å². The standard InChI is InChI=1S/C11H16ClNO/c1-2-10(7-13)14-8-9-5-3-4-6-11(9)12/h3-6,10H,2,7-8,13H2,1H3. The summed E-state index contributed by atoms with van der Waals surface area (Å²) in [5, 5.41) is 0.749. The molecule has 0 aliphatic carbocycles. The third-order valence-electron chi connectivity index (χ3n) is 2.15. The second kappa shape index (κ2) is 6.02. The maximum atomic E-state index is 5.98. The number of benzene rings is 1. The predicted octanol–water partition coefficient (Wildman–Crippen LogP) is 2.59. The van der Waals surface area contributed by atoms with Gasteiger partial charge in [-0.05, 0) is 18.1 Å². The summed E-state index contributed by atoms with van der Waals surface area (Å²) in [7, 11) is 0. The topological polar surface area (TPSA) is 35.2 Å². The van der Waals surface area contributed by atoms with Gasteiger partial charge in [-0.3, -0.25) is 0 Å². The molecule has 0 saturated carbocycles. The molecule has 1 aromatic rings. The number of hydrogen-bond donors (Lipinski definition) is 1. The summed E-state index contributed by atoms with van der Waals surface area (Å²) in [5.74, 6) is 0. The summed E-state index contributed by atoms with van der Waals surface area (Å²) < 4.78 is 5.60. The fraction of sp³-hybridized carbons (Fsp3) is 0.455. The Balaban J connectivity index is 2.49. The highest BCUT2D eigenvalue weighted by molar-refractivity contribution is 6.31. The van der Waals surface area contributed by atoms with E-state index in [9.17, 15) is 0 Å². The van der Waals surface area contributed by atoms with Crippen molar-refractivity contribution in [3.8, 4) is 0 Å². The highest BCUT2D eigenvalue weighted by Gasteiger charge is 2.05. The minimum Gasteiger partial charge on any atom is -0.372 e. The van der Waals surface area contributed by atoms with E-state index in [1.165, 1.54) is 0 Å². The lowest BCUT2D eigenvalue weighted by molar-refractivity contribution is 0.0441. The number of halogens is 1. The van der Waals surface area contributed by atoms with E-state index in [0.717, 1.165) is 17.0 Å². The third-order valence-corrected chi connectivity index (χ3v) is 2.52. The van der Waals surface area contributed by atoms with Gasteiger partial charge >= 0.3 is 0 Å². The molecule has 1 atom stereocenters. The maximum absolute atomic E-state index is 5.98. The molecule has 0 spiro atoms. The van der Waals surface area contributed by atoms with E-state index in [-0.39, 0.29) is 6.10 Å². The molecule has 1 unspecified atom stereocenters. The first-order valence-corrected chi connectivity index (χ1v) is 5.20. The molecule has 0 aromatic heterocycles. The normalized spacial score (nSPS) is 12.8. The summed E-state index contributed by atoms with van der Waals surface area (Å²) in [6, 6.07) is 7.69. The molecule has 14 heavy (non-hydrogen) atoms. The van der Waals surface area contributed by atoms with Crippen molar-refractivity contribution in [3.63, 3.8) is 0 Å². The molecular formula is C11H16ClNO. The summed E-state index contributed by atoms with van der Waals surface area (Å²) in [6.45, 7) is 3.15. The quantitative estimate of drug-likeness (QED) is 0.816. The van der Waals surface area contributed by atoms with Crippen LogP contribution in [0.15, 0.2) is 24.3 Å². The molecule has 0 radical (unpaired) electrons. The van der Waals surface area contributed by atoms with Crippen LogP contribution in [0.5, 0.6) is 0 Å². The fourth-order valence-corrected chi connectivity index (χ4v) is 1.37. The number of rotatable bonds is 5. The molecule has 2 N–H and O–H groups in total. The SMILES string of the molecule is CCC(CN)OCc1ccccc1Cl. The van der Waals surface area contributed by atoms with Gasteiger partial charge in [0.1, 0.15) is 0 Å². The maximum Gasteiger partial charge on any atom is 0.0735 e. The van der Waals surface area contributed by atoms with Gasteiger partial charge < -0.3 is 10.5 Å². The van der Waals surface area contributed by atoms with Crippen LogP contribution in [0.3, 0.4) is 0 Å². The Morgan fingerprint density at radius 2 is 2.14 bits per heavy atom. The van der Waals surface area contributed by atoms with E-state index in [0.29, 0.717) is 13.2 Å². The Morgan fingerprint density at radius 3 is 2.71 bits per heavy atom. The van der Waals surface area contributed by atoms with Crippen LogP contribution < -0.4 is 5.73 Å². The lowest BCUT2D eigenvalue weighted by Crippen LogP contribution is -2.22. The average molecular weight is 214 g/mol. The molecule has 0 aliphatic rings. The first-order valence-electron chi connectivity index (χ1n) is 4.83. The van der Waals surface area contributed by atoms with Crippen LogP contribution in [0.25, 0.3) is 0 Å². The number of nitrogens with two attached hydrogens (primary N) is 1. The molecule has 78 valence electrons. The second-order valence-corrected chi connectivity index (χ2v) is 3.58. The second-order valence-electron chi connectivity index (χ2n) is 3.17. The van der Waals surface area contributed by atoms with Gasteiger partial charge in [0.15, 0.2) is 0 Å². The highest BCUT2D eigenvalue weighted by atomic mass is 35.5. The Bertz CT molecular complexity index is 274. The number of ether oxygens (including phenoxy) is 1. The van der Waals surface area contributed by atoms with Gasteiger partial charge in [0.25, 0.3) is 0 Å². The molecular weight excluding hydrogens is 198 g/mol. The average Bonchev–Trinajstić information content (AvgIpc) is 2.22. The van der Waals surface area contributed by atoms with Crippen LogP contribution in [0.4, 0.5) is 0 Å². The zero-order chi connectivity index (χ0) is 10.4. The van der Waals surface area contributed by atoms with Gasteiger partial charge in [0, 0.05) is 11.6 Å². The van der Waals surface area contributed by atoms with Crippen LogP contribution in [-0.2, 0) is 11.3 Å². The van der Waals surface area contributed by atoms with E-state index in [2.05, 4.69) is 6.92 Å². The molecule has 0 amide bonds. The molecule has 1 rings (SSSR count). The lowest BCUT2D eigenvalue weighted by atomic mass is 10.2. The zero-order valence-electron chi connectivity index (χ0n) is 8.37. The van der Waals surface area contributed by atoms with Crippen molar-refractivity contribution in [1.29, 1.82) is 0 Å². The highest BCUT2D eigenvalue weighted by Crippen LogP contribution is 2.16. The van der Waals surface area contributed by atoms with Crippen LogP contribution in [0.1, 0.15) is 18.9 Å². The Morgan fingerprint density at radius 1 is 1.43 bits per heavy atom. The summed E-state index contributed by atoms with van der Waals surface area (Å²) in [6.07, 6.45) is 1.06. The molecule has 1 aromatic carbocycles. The Hall–Kier alpha value is -0.570. The minimum absolute atomic E-state index is 0.131. The van der Waals surface area contributed by atoms with Gasteiger partial charge in [0.05, 0.1) is 12.7 Å². The first-order chi connectivity index (χ1) is 6.77. The van der Waals surface area contributed by atoms with Gasteiger partial charge in [-0.2, -0.15) is 0 Å². The van der Waals surface area contributed by atoms with E-state index in [1.54, 1.807) is 0 Å². The largest absolute Gasteiger partial charge is 0.372 e. The van der Waals surface area contributed by atoms with Gasteiger partial charge in [-0.25, -0.2) is 0 Å². The monoisotopic (exact) mass is 213 g/mol.